The molecular weight excluding hydrogens is 248 g/mol. The van der Waals surface area contributed by atoms with Crippen molar-refractivity contribution in [3.63, 3.8) is 0 Å². The van der Waals surface area contributed by atoms with E-state index in [1.165, 1.54) is 0 Å². The maximum absolute atomic E-state index is 8.79. The molecule has 0 saturated heterocycles. The van der Waals surface area contributed by atoms with Gasteiger partial charge < -0.3 is 5.73 Å². The Bertz CT molecular complexity index is 510. The number of thiophene rings is 1. The standard InChI is InChI=1S/C9H5BrN2S/c10-7-2-9-6(1-8(7)12)5(3-11)4-13-9/h1-2,4H,12H2. The Morgan fingerprint density at radius 3 is 2.92 bits per heavy atom. The predicted molar refractivity (Wildman–Crippen MR) is 58.7 cm³/mol. The molecule has 2 rings (SSSR count). The van der Waals surface area contributed by atoms with Gasteiger partial charge in [-0.05, 0) is 28.1 Å². The number of hydrogen-bond acceptors (Lipinski definition) is 3. The molecule has 0 amide bonds. The Morgan fingerprint density at radius 1 is 1.46 bits per heavy atom. The van der Waals surface area contributed by atoms with Crippen LogP contribution < -0.4 is 5.73 Å². The topological polar surface area (TPSA) is 49.8 Å². The Kier molecular flexibility index (Phi) is 1.98. The van der Waals surface area contributed by atoms with Gasteiger partial charge in [-0.1, -0.05) is 0 Å². The monoisotopic (exact) mass is 252 g/mol. The molecule has 0 bridgehead atoms. The van der Waals surface area contributed by atoms with Crippen LogP contribution in [0.15, 0.2) is 22.0 Å². The fraction of sp³-hybridized carbons (Fsp3) is 0. The second-order valence-corrected chi connectivity index (χ2v) is 4.40. The number of nitrogens with two attached hydrogens (primary N) is 1. The Hall–Kier alpha value is -1.05. The van der Waals surface area contributed by atoms with Gasteiger partial charge in [-0.25, -0.2) is 0 Å². The fourth-order valence-corrected chi connectivity index (χ4v) is 2.55. The first-order valence-electron chi connectivity index (χ1n) is 3.58. The molecule has 0 fully saturated rings. The lowest BCUT2D eigenvalue weighted by atomic mass is 10.2. The number of nitrogen functional groups attached to an aromatic ring is 1. The summed E-state index contributed by atoms with van der Waals surface area (Å²) < 4.78 is 1.96. The quantitative estimate of drug-likeness (QED) is 0.733. The number of nitriles is 1. The van der Waals surface area contributed by atoms with Crippen molar-refractivity contribution >= 4 is 43.0 Å². The zero-order valence-electron chi connectivity index (χ0n) is 6.54. The minimum atomic E-state index is 0.669. The first kappa shape index (κ1) is 8.54. The molecule has 0 aliphatic heterocycles. The molecule has 0 aliphatic carbocycles. The van der Waals surface area contributed by atoms with E-state index in [-0.39, 0.29) is 0 Å². The predicted octanol–water partition coefficient (Wildman–Crippen LogP) is 3.12. The third kappa shape index (κ3) is 1.30. The third-order valence-electron chi connectivity index (χ3n) is 1.81. The molecule has 0 radical (unpaired) electrons. The lowest BCUT2D eigenvalue weighted by molar-refractivity contribution is 1.52. The van der Waals surface area contributed by atoms with Crippen LogP contribution >= 0.6 is 27.3 Å². The summed E-state index contributed by atoms with van der Waals surface area (Å²) in [6.07, 6.45) is 0. The van der Waals surface area contributed by atoms with Crippen LogP contribution in [0.1, 0.15) is 5.56 Å². The first-order chi connectivity index (χ1) is 6.22. The van der Waals surface area contributed by atoms with Gasteiger partial charge in [-0.3, -0.25) is 0 Å². The zero-order chi connectivity index (χ0) is 9.42. The number of rotatable bonds is 0. The highest BCUT2D eigenvalue weighted by Gasteiger charge is 2.05. The molecular formula is C9H5BrN2S. The average Bonchev–Trinajstić information content (AvgIpc) is 2.48. The third-order valence-corrected chi connectivity index (χ3v) is 3.45. The van der Waals surface area contributed by atoms with Crippen molar-refractivity contribution in [2.75, 3.05) is 5.73 Å². The summed E-state index contributed by atoms with van der Waals surface area (Å²) in [6, 6.07) is 5.90. The van der Waals surface area contributed by atoms with E-state index in [4.69, 9.17) is 11.0 Å². The molecule has 2 nitrogen and oxygen atoms in total. The van der Waals surface area contributed by atoms with Crippen LogP contribution in [0.2, 0.25) is 0 Å². The van der Waals surface area contributed by atoms with E-state index >= 15 is 0 Å². The minimum absolute atomic E-state index is 0.669. The highest BCUT2D eigenvalue weighted by molar-refractivity contribution is 9.10. The normalized spacial score (nSPS) is 10.2. The molecule has 4 heteroatoms. The Morgan fingerprint density at radius 2 is 2.23 bits per heavy atom. The van der Waals surface area contributed by atoms with E-state index in [2.05, 4.69) is 22.0 Å². The molecule has 64 valence electrons. The molecule has 0 unspecified atom stereocenters. The van der Waals surface area contributed by atoms with Crippen molar-refractivity contribution in [3.05, 3.63) is 27.5 Å². The fourth-order valence-electron chi connectivity index (χ4n) is 1.15. The zero-order valence-corrected chi connectivity index (χ0v) is 8.95. The van der Waals surface area contributed by atoms with Gasteiger partial charge in [0.25, 0.3) is 0 Å². The summed E-state index contributed by atoms with van der Waals surface area (Å²) in [6.45, 7) is 0. The van der Waals surface area contributed by atoms with Crippen molar-refractivity contribution in [1.82, 2.24) is 0 Å². The first-order valence-corrected chi connectivity index (χ1v) is 5.26. The van der Waals surface area contributed by atoms with E-state index in [0.29, 0.717) is 11.3 Å². The summed E-state index contributed by atoms with van der Waals surface area (Å²) in [5.74, 6) is 0. The molecule has 0 aliphatic rings. The van der Waals surface area contributed by atoms with Gasteiger partial charge in [-0.15, -0.1) is 11.3 Å². The van der Waals surface area contributed by atoms with Crippen LogP contribution in [0.5, 0.6) is 0 Å². The maximum Gasteiger partial charge on any atom is 0.101 e. The van der Waals surface area contributed by atoms with Crippen molar-refractivity contribution in [2.45, 2.75) is 0 Å². The van der Waals surface area contributed by atoms with Gasteiger partial charge in [0.05, 0.1) is 5.56 Å². The van der Waals surface area contributed by atoms with Gasteiger partial charge in [0.1, 0.15) is 6.07 Å². The molecule has 1 aromatic carbocycles. The number of halogens is 1. The average molecular weight is 253 g/mol. The molecule has 2 N–H and O–H groups in total. The van der Waals surface area contributed by atoms with Crippen LogP contribution in [0, 0.1) is 11.3 Å². The number of fused-ring (bicyclic) bond motifs is 1. The SMILES string of the molecule is N#Cc1csc2cc(Br)c(N)cc12. The van der Waals surface area contributed by atoms with Crippen LogP contribution in [0.4, 0.5) is 5.69 Å². The Labute approximate surface area is 87.7 Å². The van der Waals surface area contributed by atoms with Gasteiger partial charge in [0.15, 0.2) is 0 Å². The second-order valence-electron chi connectivity index (χ2n) is 2.63. The number of benzene rings is 1. The van der Waals surface area contributed by atoms with Gasteiger partial charge in [0.2, 0.25) is 0 Å². The lowest BCUT2D eigenvalue weighted by Gasteiger charge is -1.97. The minimum Gasteiger partial charge on any atom is -0.398 e. The summed E-state index contributed by atoms with van der Waals surface area (Å²) in [5.41, 5.74) is 7.08. The molecule has 0 saturated carbocycles. The second kappa shape index (κ2) is 3.02. The maximum atomic E-state index is 8.79. The van der Waals surface area contributed by atoms with Crippen LogP contribution in [0.25, 0.3) is 10.1 Å². The summed E-state index contributed by atoms with van der Waals surface area (Å²) >= 11 is 4.90. The van der Waals surface area contributed by atoms with Crippen LogP contribution in [-0.4, -0.2) is 0 Å². The van der Waals surface area contributed by atoms with Crippen molar-refractivity contribution < 1.29 is 0 Å². The smallest absolute Gasteiger partial charge is 0.101 e. The van der Waals surface area contributed by atoms with Crippen molar-refractivity contribution in [1.29, 1.82) is 5.26 Å². The molecule has 1 heterocycles. The summed E-state index contributed by atoms with van der Waals surface area (Å²) in [5, 5.41) is 11.6. The number of hydrogen-bond donors (Lipinski definition) is 1. The van der Waals surface area contributed by atoms with E-state index in [1.807, 2.05) is 17.5 Å². The van der Waals surface area contributed by atoms with E-state index < -0.39 is 0 Å². The van der Waals surface area contributed by atoms with Gasteiger partial charge >= 0.3 is 0 Å². The molecule has 13 heavy (non-hydrogen) atoms. The van der Waals surface area contributed by atoms with E-state index in [1.54, 1.807) is 11.3 Å². The number of nitrogens with zero attached hydrogens (tertiary/aromatic N) is 1. The van der Waals surface area contributed by atoms with Crippen molar-refractivity contribution in [2.24, 2.45) is 0 Å². The van der Waals surface area contributed by atoms with Crippen LogP contribution in [0.3, 0.4) is 0 Å². The summed E-state index contributed by atoms with van der Waals surface area (Å²) in [7, 11) is 0. The van der Waals surface area contributed by atoms with Crippen molar-refractivity contribution in [3.8, 4) is 6.07 Å². The number of anilines is 1. The highest BCUT2D eigenvalue weighted by Crippen LogP contribution is 2.32. The molecule has 1 aromatic heterocycles. The Balaban J connectivity index is 2.86. The highest BCUT2D eigenvalue weighted by atomic mass is 79.9. The van der Waals surface area contributed by atoms with Gasteiger partial charge in [0, 0.05) is 25.6 Å². The van der Waals surface area contributed by atoms with E-state index in [0.717, 1.165) is 14.6 Å². The van der Waals surface area contributed by atoms with Gasteiger partial charge in [-0.2, -0.15) is 5.26 Å². The molecule has 0 atom stereocenters. The lowest BCUT2D eigenvalue weighted by Crippen LogP contribution is -1.85. The van der Waals surface area contributed by atoms with E-state index in [9.17, 15) is 0 Å². The largest absolute Gasteiger partial charge is 0.398 e. The molecule has 2 aromatic rings. The molecule has 0 spiro atoms. The van der Waals surface area contributed by atoms with Crippen LogP contribution in [-0.2, 0) is 0 Å². The summed E-state index contributed by atoms with van der Waals surface area (Å²) in [4.78, 5) is 0.